The first-order chi connectivity index (χ1) is 23.8. The lowest BCUT2D eigenvalue weighted by molar-refractivity contribution is -0.166. The molecule has 3 aliphatic rings. The van der Waals surface area contributed by atoms with Crippen molar-refractivity contribution in [1.29, 1.82) is 0 Å². The number of aliphatic hydroxyl groups excluding tert-OH is 1. The number of nitrogens with zero attached hydrogens (tertiary/aromatic N) is 3. The van der Waals surface area contributed by atoms with Crippen LogP contribution >= 0.6 is 23.5 Å². The number of amides is 2. The van der Waals surface area contributed by atoms with Gasteiger partial charge in [-0.15, -0.1) is 23.5 Å². The number of sulfonamides is 1. The molecule has 1 N–H and O–H groups in total. The molecule has 2 amide bonds. The van der Waals surface area contributed by atoms with Crippen LogP contribution in [0.5, 0.6) is 0 Å². The van der Waals surface area contributed by atoms with Gasteiger partial charge in [0, 0.05) is 37.0 Å². The van der Waals surface area contributed by atoms with Crippen LogP contribution in [0.4, 0.5) is 5.69 Å². The number of carbonyl (C=O) groups is 4. The van der Waals surface area contributed by atoms with Crippen molar-refractivity contribution in [3.63, 3.8) is 0 Å². The maximum atomic E-state index is 15.3. The Morgan fingerprint density at radius 3 is 2.10 bits per heavy atom. The topological polar surface area (TPSA) is 132 Å². The molecule has 0 radical (unpaired) electrons. The number of para-hydroxylation sites is 1. The third kappa shape index (κ3) is 5.30. The monoisotopic (exact) mass is 735 g/mol. The zero-order valence-electron chi connectivity index (χ0n) is 28.4. The van der Waals surface area contributed by atoms with Crippen molar-refractivity contribution in [2.24, 2.45) is 0 Å². The van der Waals surface area contributed by atoms with Crippen molar-refractivity contribution in [3.8, 4) is 0 Å². The van der Waals surface area contributed by atoms with Gasteiger partial charge in [0.15, 0.2) is 15.5 Å². The Hall–Kier alpha value is -3.65. The zero-order valence-corrected chi connectivity index (χ0v) is 30.9. The molecule has 264 valence electrons. The van der Waals surface area contributed by atoms with Crippen molar-refractivity contribution in [2.75, 3.05) is 22.9 Å². The molecule has 2 fully saturated rings. The van der Waals surface area contributed by atoms with Crippen molar-refractivity contribution >= 4 is 62.6 Å². The predicted molar refractivity (Wildman–Crippen MR) is 195 cm³/mol. The van der Waals surface area contributed by atoms with E-state index in [1.165, 1.54) is 40.2 Å². The highest BCUT2D eigenvalue weighted by molar-refractivity contribution is 8.02. The molecule has 0 aromatic heterocycles. The molecule has 50 heavy (non-hydrogen) atoms. The Morgan fingerprint density at radius 2 is 1.46 bits per heavy atom. The molecule has 3 aliphatic heterocycles. The lowest BCUT2D eigenvalue weighted by Crippen LogP contribution is -2.75. The molecular formula is C37H41N3O7S3. The van der Waals surface area contributed by atoms with Gasteiger partial charge in [-0.3, -0.25) is 24.1 Å². The summed E-state index contributed by atoms with van der Waals surface area (Å²) in [6, 6.07) is 23.6. The first-order valence-electron chi connectivity index (χ1n) is 16.6. The van der Waals surface area contributed by atoms with Crippen LogP contribution in [0, 0.1) is 0 Å². The summed E-state index contributed by atoms with van der Waals surface area (Å²) in [5.74, 6) is -1.05. The number of Topliss-reactive ketones (excluding diaryl/α,β-unsaturated/α-hetero) is 2. The van der Waals surface area contributed by atoms with E-state index in [1.54, 1.807) is 73.7 Å². The second-order valence-corrected chi connectivity index (χ2v) is 17.7. The van der Waals surface area contributed by atoms with E-state index in [2.05, 4.69) is 0 Å². The number of hydrogen-bond donors (Lipinski definition) is 1. The van der Waals surface area contributed by atoms with Crippen LogP contribution < -0.4 is 4.31 Å². The highest BCUT2D eigenvalue weighted by atomic mass is 32.2. The van der Waals surface area contributed by atoms with E-state index in [0.717, 1.165) is 23.5 Å². The third-order valence-corrected chi connectivity index (χ3v) is 14.8. The van der Waals surface area contributed by atoms with Crippen LogP contribution in [0.1, 0.15) is 62.4 Å². The van der Waals surface area contributed by atoms with E-state index in [-0.39, 0.29) is 47.2 Å². The minimum Gasteiger partial charge on any atom is -0.388 e. The number of piperazine rings is 1. The van der Waals surface area contributed by atoms with Crippen LogP contribution in [0.25, 0.3) is 0 Å². The zero-order chi connectivity index (χ0) is 36.1. The van der Waals surface area contributed by atoms with Gasteiger partial charge in [-0.1, -0.05) is 80.1 Å². The maximum absolute atomic E-state index is 15.3. The normalized spacial score (nSPS) is 27.3. The maximum Gasteiger partial charge on any atom is 0.266 e. The van der Waals surface area contributed by atoms with Gasteiger partial charge in [0.05, 0.1) is 16.0 Å². The number of fused-ring (bicyclic) bond motifs is 5. The molecule has 13 heteroatoms. The number of aliphatic hydroxyl groups is 1. The molecule has 0 unspecified atom stereocenters. The number of benzene rings is 3. The van der Waals surface area contributed by atoms with Crippen LogP contribution in [-0.4, -0.2) is 87.3 Å². The summed E-state index contributed by atoms with van der Waals surface area (Å²) in [5, 5.41) is 12.9. The molecule has 0 spiro atoms. The largest absolute Gasteiger partial charge is 0.388 e. The summed E-state index contributed by atoms with van der Waals surface area (Å²) in [7, 11) is -2.86. The van der Waals surface area contributed by atoms with Gasteiger partial charge in [-0.05, 0) is 44.0 Å². The molecule has 6 rings (SSSR count). The van der Waals surface area contributed by atoms with Crippen LogP contribution in [0.3, 0.4) is 0 Å². The second-order valence-electron chi connectivity index (χ2n) is 13.1. The molecule has 5 atom stereocenters. The number of rotatable bonds is 13. The number of likely N-dealkylation sites (N-methyl/N-ethyl adjacent to an activating group) is 1. The smallest absolute Gasteiger partial charge is 0.266 e. The van der Waals surface area contributed by atoms with E-state index < -0.39 is 49.3 Å². The third-order valence-electron chi connectivity index (χ3n) is 10.2. The first-order valence-corrected chi connectivity index (χ1v) is 20.1. The second kappa shape index (κ2) is 13.5. The highest BCUT2D eigenvalue weighted by Gasteiger charge is 2.80. The van der Waals surface area contributed by atoms with Gasteiger partial charge < -0.3 is 10.0 Å². The molecule has 2 saturated heterocycles. The Morgan fingerprint density at radius 1 is 0.860 bits per heavy atom. The molecule has 10 nitrogen and oxygen atoms in total. The van der Waals surface area contributed by atoms with Gasteiger partial charge in [-0.25, -0.2) is 12.7 Å². The molecule has 0 saturated carbocycles. The molecule has 0 bridgehead atoms. The fourth-order valence-corrected chi connectivity index (χ4v) is 12.2. The average Bonchev–Trinajstić information content (AvgIpc) is 3.51. The molecule has 3 heterocycles. The first kappa shape index (κ1) is 36.2. The quantitative estimate of drug-likeness (QED) is 0.239. The SMILES string of the molecule is CCC[C@@]12c3ccccc3N(S(=O)(=O)c3ccccc3)[C@@H]1N1C(=O)[C@](C)(SCCC(C)=O)N(C)C(=O)[C@@]1(SCCC(=O)c1ccccc1)[C@H]2O. The van der Waals surface area contributed by atoms with Crippen LogP contribution in [0.15, 0.2) is 89.8 Å². The average molecular weight is 736 g/mol. The Bertz CT molecular complexity index is 1930. The summed E-state index contributed by atoms with van der Waals surface area (Å²) < 4.78 is 30.8. The predicted octanol–water partition coefficient (Wildman–Crippen LogP) is 5.07. The van der Waals surface area contributed by atoms with E-state index in [9.17, 15) is 23.1 Å². The fraction of sp³-hybridized carbons (Fsp3) is 0.405. The Balaban J connectivity index is 1.56. The minimum atomic E-state index is -4.36. The van der Waals surface area contributed by atoms with Crippen molar-refractivity contribution in [3.05, 3.63) is 96.1 Å². The van der Waals surface area contributed by atoms with Crippen LogP contribution in [0.2, 0.25) is 0 Å². The van der Waals surface area contributed by atoms with Gasteiger partial charge >= 0.3 is 0 Å². The van der Waals surface area contributed by atoms with Crippen molar-refractivity contribution in [2.45, 2.75) is 78.8 Å². The minimum absolute atomic E-state index is 0.00157. The van der Waals surface area contributed by atoms with Gasteiger partial charge in [0.1, 0.15) is 18.1 Å². The summed E-state index contributed by atoms with van der Waals surface area (Å²) in [6.45, 7) is 4.98. The number of anilines is 1. The van der Waals surface area contributed by atoms with Gasteiger partial charge in [0.2, 0.25) is 0 Å². The Labute approximate surface area is 301 Å². The van der Waals surface area contributed by atoms with Gasteiger partial charge in [0.25, 0.3) is 21.8 Å². The molecule has 0 aliphatic carbocycles. The highest BCUT2D eigenvalue weighted by Crippen LogP contribution is 2.65. The number of thioether (sulfide) groups is 2. The fourth-order valence-electron chi connectivity index (χ4n) is 7.72. The summed E-state index contributed by atoms with van der Waals surface area (Å²) in [4.78, 5) is 54.7. The standard InChI is InChI=1S/C37H41N3O7S3/c1-5-22-36-28-18-12-13-19-29(28)40(50(46,47)27-16-10-7-11-17-27)32(36)39-33(44)35(3,48-23-20-25(2)41)38(4)34(45)37(39,31(36)43)49-24-21-30(42)26-14-8-6-9-15-26/h6-19,31-32,43H,5,20-24H2,1-4H3/t31-,32-,35-,36-,37-/m0/s1. The van der Waals surface area contributed by atoms with E-state index >= 15 is 9.59 Å². The lowest BCUT2D eigenvalue weighted by Gasteiger charge is -2.54. The molecular weight excluding hydrogens is 695 g/mol. The van der Waals surface area contributed by atoms with E-state index in [1.807, 2.05) is 13.0 Å². The summed E-state index contributed by atoms with van der Waals surface area (Å²) in [6.07, 6.45) is -1.92. The summed E-state index contributed by atoms with van der Waals surface area (Å²) >= 11 is 2.15. The number of hydrogen-bond acceptors (Lipinski definition) is 9. The van der Waals surface area contributed by atoms with E-state index in [0.29, 0.717) is 23.2 Å². The van der Waals surface area contributed by atoms with E-state index in [4.69, 9.17) is 0 Å². The number of ketones is 2. The van der Waals surface area contributed by atoms with Crippen LogP contribution in [-0.2, 0) is 29.8 Å². The Kier molecular flexibility index (Phi) is 9.75. The summed E-state index contributed by atoms with van der Waals surface area (Å²) in [5.41, 5.74) is -0.0366. The van der Waals surface area contributed by atoms with Crippen molar-refractivity contribution in [1.82, 2.24) is 9.80 Å². The van der Waals surface area contributed by atoms with Crippen molar-refractivity contribution < 1.29 is 32.7 Å². The number of carbonyl (C=O) groups excluding carboxylic acids is 4. The lowest BCUT2D eigenvalue weighted by atomic mass is 9.72. The molecule has 3 aromatic carbocycles. The molecule has 3 aromatic rings. The van der Waals surface area contributed by atoms with Gasteiger partial charge in [-0.2, -0.15) is 0 Å².